The molecular weight excluding hydrogens is 360 g/mol. The third kappa shape index (κ3) is 6.87. The second kappa shape index (κ2) is 9.21. The summed E-state index contributed by atoms with van der Waals surface area (Å²) in [7, 11) is 0. The Morgan fingerprint density at radius 1 is 0.600 bits per heavy atom. The molecule has 0 saturated carbocycles. The fourth-order valence-corrected chi connectivity index (χ4v) is 3.13. The molecule has 0 fully saturated rings. The molecule has 0 spiro atoms. The van der Waals surface area contributed by atoms with Crippen molar-refractivity contribution in [2.45, 2.75) is 73.8 Å². The maximum atomic E-state index is 9.13. The molecule has 30 heavy (non-hydrogen) atoms. The molecule has 0 heterocycles. The molecule has 0 amide bonds. The van der Waals surface area contributed by atoms with Crippen LogP contribution in [0, 0.1) is 32.9 Å². The van der Waals surface area contributed by atoms with Gasteiger partial charge in [0.05, 0.1) is 0 Å². The average molecular weight is 414 g/mol. The highest BCUT2D eigenvalue weighted by atomic mass is 14.2. The van der Waals surface area contributed by atoms with Crippen molar-refractivity contribution in [2.75, 3.05) is 0 Å². The summed E-state index contributed by atoms with van der Waals surface area (Å²) in [5, 5.41) is 0. The molecule has 0 bridgehead atoms. The van der Waals surface area contributed by atoms with Crippen LogP contribution >= 0.6 is 0 Å². The van der Waals surface area contributed by atoms with E-state index in [1.165, 1.54) is 30.3 Å². The summed E-state index contributed by atoms with van der Waals surface area (Å²) < 4.78 is 125. The molecular formula is C30H38. The standard InChI is InChI=1S/C30H38/c1-21-10-22(2)13-26(12-21)18-28-15-24(4)16-29(20-28)19-27-14-23(3)11-25(17-27)8-9-30(5,6)7/h10-17,20H,8-9,18-19H2,1-7H3/i1D3,3D3,4D3,8D2,18D2,19D2. The Kier molecular flexibility index (Phi) is 3.03. The molecule has 0 nitrogen and oxygen atoms in total. The number of hydrogen-bond acceptors (Lipinski definition) is 0. The zero-order valence-corrected chi connectivity index (χ0v) is 17.9. The maximum absolute atomic E-state index is 9.13. The highest BCUT2D eigenvalue weighted by Gasteiger charge is 2.11. The monoisotopic (exact) mass is 413 g/mol. The summed E-state index contributed by atoms with van der Waals surface area (Å²) in [5.41, 5.74) is -1.70. The predicted octanol–water partition coefficient (Wildman–Crippen LogP) is 8.08. The van der Waals surface area contributed by atoms with Gasteiger partial charge in [-0.1, -0.05) is 97.6 Å². The van der Waals surface area contributed by atoms with E-state index >= 15 is 0 Å². The van der Waals surface area contributed by atoms with Crippen LogP contribution in [0.2, 0.25) is 0 Å². The molecule has 0 aliphatic heterocycles. The van der Waals surface area contributed by atoms with E-state index in [2.05, 4.69) is 0 Å². The molecule has 0 aliphatic carbocycles. The highest BCUT2D eigenvalue weighted by molar-refractivity contribution is 5.39. The second-order valence-electron chi connectivity index (χ2n) is 8.85. The lowest BCUT2D eigenvalue weighted by Crippen LogP contribution is -2.06. The van der Waals surface area contributed by atoms with E-state index in [4.69, 9.17) is 20.6 Å². The van der Waals surface area contributed by atoms with Gasteiger partial charge in [-0.05, 0) is 86.3 Å². The largest absolute Gasteiger partial charge is 0.0602 e. The summed E-state index contributed by atoms with van der Waals surface area (Å²) >= 11 is 0. The Hall–Kier alpha value is -2.34. The predicted molar refractivity (Wildman–Crippen MR) is 132 cm³/mol. The minimum absolute atomic E-state index is 0.000504. The smallest absolute Gasteiger partial charge is 0.0366 e. The topological polar surface area (TPSA) is 0 Å². The molecule has 0 aliphatic rings. The van der Waals surface area contributed by atoms with Crippen LogP contribution in [0.4, 0.5) is 0 Å². The van der Waals surface area contributed by atoms with Crippen molar-refractivity contribution in [1.82, 2.24) is 0 Å². The van der Waals surface area contributed by atoms with Gasteiger partial charge in [0, 0.05) is 20.6 Å². The molecule has 0 N–H and O–H groups in total. The van der Waals surface area contributed by atoms with Crippen molar-refractivity contribution in [3.63, 3.8) is 0 Å². The minimum Gasteiger partial charge on any atom is -0.0602 e. The van der Waals surface area contributed by atoms with E-state index < -0.39 is 45.1 Å². The lowest BCUT2D eigenvalue weighted by Gasteiger charge is -2.18. The quantitative estimate of drug-likeness (QED) is 0.383. The van der Waals surface area contributed by atoms with E-state index in [1.54, 1.807) is 6.92 Å². The van der Waals surface area contributed by atoms with Gasteiger partial charge in [-0.15, -0.1) is 0 Å². The van der Waals surface area contributed by atoms with Gasteiger partial charge < -0.3 is 0 Å². The van der Waals surface area contributed by atoms with Gasteiger partial charge in [0.1, 0.15) is 0 Å². The Bertz CT molecular complexity index is 1550. The summed E-state index contributed by atoms with van der Waals surface area (Å²) in [6, 6.07) is 10.9. The van der Waals surface area contributed by atoms with Crippen molar-refractivity contribution in [2.24, 2.45) is 5.41 Å². The molecule has 0 heteroatoms. The minimum atomic E-state index is -2.79. The van der Waals surface area contributed by atoms with Crippen LogP contribution in [0.25, 0.3) is 0 Å². The second-order valence-corrected chi connectivity index (χ2v) is 8.85. The molecule has 0 saturated heterocycles. The Balaban J connectivity index is 2.33. The van der Waals surface area contributed by atoms with Gasteiger partial charge in [0.2, 0.25) is 0 Å². The molecule has 3 rings (SSSR count). The van der Waals surface area contributed by atoms with E-state index in [0.717, 1.165) is 24.3 Å². The van der Waals surface area contributed by atoms with Crippen LogP contribution in [0.15, 0.2) is 54.6 Å². The van der Waals surface area contributed by atoms with Crippen LogP contribution < -0.4 is 0 Å². The van der Waals surface area contributed by atoms with Crippen LogP contribution in [0.5, 0.6) is 0 Å². The average Bonchev–Trinajstić information content (AvgIpc) is 2.84. The maximum Gasteiger partial charge on any atom is 0.0366 e. The van der Waals surface area contributed by atoms with Gasteiger partial charge >= 0.3 is 0 Å². The van der Waals surface area contributed by atoms with Crippen molar-refractivity contribution < 1.29 is 20.6 Å². The summed E-state index contributed by atoms with van der Waals surface area (Å²) in [5.74, 6) is 0. The van der Waals surface area contributed by atoms with Crippen LogP contribution in [0.1, 0.15) is 97.8 Å². The van der Waals surface area contributed by atoms with E-state index in [0.29, 0.717) is 5.56 Å². The molecule has 0 unspecified atom stereocenters. The first-order chi connectivity index (χ1) is 19.9. The normalized spacial score (nSPS) is 21.8. The lowest BCUT2D eigenvalue weighted by molar-refractivity contribution is 0.378. The highest BCUT2D eigenvalue weighted by Crippen LogP contribution is 2.24. The van der Waals surface area contributed by atoms with Crippen LogP contribution in [-0.4, -0.2) is 0 Å². The van der Waals surface area contributed by atoms with Crippen molar-refractivity contribution in [3.05, 3.63) is 105 Å². The Morgan fingerprint density at radius 3 is 1.50 bits per heavy atom. The van der Waals surface area contributed by atoms with Crippen molar-refractivity contribution in [3.8, 4) is 0 Å². The van der Waals surface area contributed by atoms with Gasteiger partial charge in [0.15, 0.2) is 0 Å². The Labute approximate surface area is 205 Å². The molecule has 0 radical (unpaired) electrons. The molecule has 0 atom stereocenters. The summed E-state index contributed by atoms with van der Waals surface area (Å²) in [6.45, 7) is -0.969. The number of benzene rings is 3. The first kappa shape index (κ1) is 9.86. The molecule has 158 valence electrons. The van der Waals surface area contributed by atoms with Crippen molar-refractivity contribution >= 4 is 0 Å². The van der Waals surface area contributed by atoms with Gasteiger partial charge in [-0.25, -0.2) is 0 Å². The van der Waals surface area contributed by atoms with Gasteiger partial charge in [-0.2, -0.15) is 0 Å². The van der Waals surface area contributed by atoms with Crippen molar-refractivity contribution in [1.29, 1.82) is 0 Å². The number of aryl methyl sites for hydroxylation is 5. The zero-order chi connectivity index (χ0) is 34.8. The fourth-order valence-electron chi connectivity index (χ4n) is 3.13. The number of rotatable bonds is 6. The molecule has 3 aromatic carbocycles. The van der Waals surface area contributed by atoms with E-state index in [9.17, 15) is 0 Å². The van der Waals surface area contributed by atoms with E-state index in [-0.39, 0.29) is 50.9 Å². The zero-order valence-electron chi connectivity index (χ0n) is 32.9. The SMILES string of the molecule is [2H]C([2H])([2H])c1cc(C)cc(C([2H])([2H])c2cc(C([2H])([2H])[2H])cc(C([2H])([2H])c3cc(C([2H])([2H])[2H])cc(C([2H])([2H])CC(C)(C)C)c3)c2)c1. The first-order valence-corrected chi connectivity index (χ1v) is 9.90. The first-order valence-electron chi connectivity index (χ1n) is 17.4. The van der Waals surface area contributed by atoms with Crippen LogP contribution in [-0.2, 0) is 19.1 Å². The molecule has 0 aromatic heterocycles. The third-order valence-corrected chi connectivity index (χ3v) is 4.34. The Morgan fingerprint density at radius 2 is 1.00 bits per heavy atom. The number of hydrogen-bond donors (Lipinski definition) is 0. The fraction of sp³-hybridized carbons (Fsp3) is 0.400. The summed E-state index contributed by atoms with van der Waals surface area (Å²) in [4.78, 5) is 0. The van der Waals surface area contributed by atoms with Gasteiger partial charge in [0.25, 0.3) is 0 Å². The summed E-state index contributed by atoms with van der Waals surface area (Å²) in [6.07, 6.45) is -7.11. The third-order valence-electron chi connectivity index (χ3n) is 4.34. The lowest BCUT2D eigenvalue weighted by atomic mass is 9.87. The van der Waals surface area contributed by atoms with Gasteiger partial charge in [-0.3, -0.25) is 0 Å². The van der Waals surface area contributed by atoms with E-state index in [1.807, 2.05) is 20.8 Å². The molecule has 3 aromatic rings. The van der Waals surface area contributed by atoms with Crippen LogP contribution in [0.3, 0.4) is 0 Å².